The van der Waals surface area contributed by atoms with E-state index in [4.69, 9.17) is 0 Å². The topological polar surface area (TPSA) is 52.1 Å². The number of Topliss-reactive ketones (excluding diaryl/α,β-unsaturated/α-hetero) is 1. The van der Waals surface area contributed by atoms with E-state index in [1.807, 2.05) is 32.1 Å². The van der Waals surface area contributed by atoms with Gasteiger partial charge in [0.2, 0.25) is 0 Å². The van der Waals surface area contributed by atoms with Gasteiger partial charge >= 0.3 is 0 Å². The smallest absolute Gasteiger partial charge is 0.133 e. The van der Waals surface area contributed by atoms with E-state index in [0.29, 0.717) is 5.92 Å². The maximum atomic E-state index is 12.9. The average molecular weight is 420 g/mol. The van der Waals surface area contributed by atoms with Crippen LogP contribution in [0.15, 0.2) is 42.7 Å². The normalized spacial score (nSPS) is 14.2. The molecule has 2 unspecified atom stereocenters. The molecule has 2 rings (SSSR count). The Hall–Kier alpha value is -1.70. The molecule has 0 spiro atoms. The molecule has 0 saturated heterocycles. The number of carbonyl (C=O) groups is 1. The van der Waals surface area contributed by atoms with Crippen LogP contribution in [-0.2, 0) is 4.79 Å². The first-order valence-corrected chi connectivity index (χ1v) is 11.5. The molecule has 3 N–H and O–H groups in total. The van der Waals surface area contributed by atoms with Crippen LogP contribution >= 0.6 is 0 Å². The molecular formula is C27H46FNO. The molecule has 1 aliphatic carbocycles. The molecule has 0 amide bonds. The number of hydrogen-bond acceptors (Lipinski definition) is 2. The van der Waals surface area contributed by atoms with Gasteiger partial charge in [-0.15, -0.1) is 5.73 Å². The zero-order chi connectivity index (χ0) is 22.1. The number of allylic oxidation sites excluding steroid dienone is 1. The minimum atomic E-state index is -0.181. The van der Waals surface area contributed by atoms with Crippen LogP contribution in [0.1, 0.15) is 104 Å². The number of halogens is 1. The first-order valence-electron chi connectivity index (χ1n) is 11.5. The van der Waals surface area contributed by atoms with Gasteiger partial charge in [0, 0.05) is 5.92 Å². The summed E-state index contributed by atoms with van der Waals surface area (Å²) in [6.45, 7) is 13.7. The summed E-state index contributed by atoms with van der Waals surface area (Å²) in [5.74, 6) is 1.71. The molecule has 1 saturated carbocycles. The molecule has 1 aromatic rings. The first kappa shape index (κ1) is 30.5. The summed E-state index contributed by atoms with van der Waals surface area (Å²) in [6, 6.07) is 6.79. The fourth-order valence-electron chi connectivity index (χ4n) is 3.30. The Morgan fingerprint density at radius 3 is 2.13 bits per heavy atom. The van der Waals surface area contributed by atoms with E-state index >= 15 is 0 Å². The van der Waals surface area contributed by atoms with E-state index in [0.717, 1.165) is 44.4 Å². The number of ketones is 1. The third kappa shape index (κ3) is 14.3. The van der Waals surface area contributed by atoms with E-state index < -0.39 is 0 Å². The van der Waals surface area contributed by atoms with Crippen molar-refractivity contribution >= 4 is 5.78 Å². The third-order valence-corrected chi connectivity index (χ3v) is 5.64. The predicted octanol–water partition coefficient (Wildman–Crippen LogP) is 8.81. The van der Waals surface area contributed by atoms with Crippen LogP contribution in [0.2, 0.25) is 0 Å². The van der Waals surface area contributed by atoms with Crippen molar-refractivity contribution in [2.45, 2.75) is 98.3 Å². The van der Waals surface area contributed by atoms with Crippen molar-refractivity contribution in [2.24, 2.45) is 11.8 Å². The fourth-order valence-corrected chi connectivity index (χ4v) is 3.30. The molecule has 0 heterocycles. The molecule has 0 aliphatic heterocycles. The molecule has 2 nitrogen and oxygen atoms in total. The Labute approximate surface area is 185 Å². The Morgan fingerprint density at radius 1 is 1.17 bits per heavy atom. The van der Waals surface area contributed by atoms with E-state index in [1.165, 1.54) is 37.0 Å². The molecule has 0 aromatic heterocycles. The summed E-state index contributed by atoms with van der Waals surface area (Å²) >= 11 is 0. The Bertz CT molecular complexity index is 585. The summed E-state index contributed by atoms with van der Waals surface area (Å²) in [6.07, 6.45) is 12.5. The summed E-state index contributed by atoms with van der Waals surface area (Å²) in [5.41, 5.74) is 3.93. The van der Waals surface area contributed by atoms with Gasteiger partial charge < -0.3 is 6.15 Å². The average Bonchev–Trinajstić information content (AvgIpc) is 2.70. The molecule has 30 heavy (non-hydrogen) atoms. The van der Waals surface area contributed by atoms with Gasteiger partial charge in [0.05, 0.1) is 0 Å². The number of benzene rings is 1. The van der Waals surface area contributed by atoms with Gasteiger partial charge in [0.15, 0.2) is 0 Å². The molecule has 1 fully saturated rings. The van der Waals surface area contributed by atoms with Crippen molar-refractivity contribution in [3.63, 3.8) is 0 Å². The zero-order valence-corrected chi connectivity index (χ0v) is 20.2. The van der Waals surface area contributed by atoms with Crippen molar-refractivity contribution in [1.82, 2.24) is 6.15 Å². The quantitative estimate of drug-likeness (QED) is 0.304. The summed E-state index contributed by atoms with van der Waals surface area (Å²) in [4.78, 5) is 11.5. The predicted molar refractivity (Wildman–Crippen MR) is 130 cm³/mol. The highest BCUT2D eigenvalue weighted by atomic mass is 19.1. The van der Waals surface area contributed by atoms with Crippen LogP contribution in [0.3, 0.4) is 0 Å². The molecule has 0 radical (unpaired) electrons. The van der Waals surface area contributed by atoms with Gasteiger partial charge in [-0.3, -0.25) is 4.79 Å². The number of hydrogen-bond donors (Lipinski definition) is 1. The summed E-state index contributed by atoms with van der Waals surface area (Å²) < 4.78 is 12.9. The molecule has 3 heteroatoms. The van der Waals surface area contributed by atoms with Gasteiger partial charge in [-0.1, -0.05) is 84.9 Å². The van der Waals surface area contributed by atoms with Gasteiger partial charge in [-0.2, -0.15) is 0 Å². The SMILES string of the molecule is C=C=CCC(CCCCCC(C)c1ccc(F)cc1)C(C)=O.CC.CC1CCC1.N. The van der Waals surface area contributed by atoms with Crippen molar-refractivity contribution in [3.05, 3.63) is 54.0 Å². The van der Waals surface area contributed by atoms with E-state index in [-0.39, 0.29) is 23.7 Å². The van der Waals surface area contributed by atoms with Gasteiger partial charge in [-0.05, 0) is 61.8 Å². The van der Waals surface area contributed by atoms with Gasteiger partial charge in [0.25, 0.3) is 0 Å². The number of carbonyl (C=O) groups excluding carboxylic acids is 1. The molecule has 172 valence electrons. The molecule has 2 atom stereocenters. The molecular weight excluding hydrogens is 373 g/mol. The van der Waals surface area contributed by atoms with Crippen LogP contribution in [-0.4, -0.2) is 5.78 Å². The van der Waals surface area contributed by atoms with Crippen LogP contribution < -0.4 is 6.15 Å². The fraction of sp³-hybridized carbons (Fsp3) is 0.630. The van der Waals surface area contributed by atoms with Crippen LogP contribution in [0.25, 0.3) is 0 Å². The van der Waals surface area contributed by atoms with Crippen LogP contribution in [0, 0.1) is 17.7 Å². The second-order valence-corrected chi connectivity index (χ2v) is 8.08. The van der Waals surface area contributed by atoms with Crippen LogP contribution in [0.5, 0.6) is 0 Å². The van der Waals surface area contributed by atoms with Crippen molar-refractivity contribution in [3.8, 4) is 0 Å². The standard InChI is InChI=1S/C20H27FO.C5H10.C2H6.H3N/c1-4-5-10-19(17(3)22)11-8-6-7-9-16(2)18-12-14-20(21)15-13-18;1-5-3-2-4-5;1-2;/h5,12-16,19H,1,6-11H2,2-3H3;5H,2-4H2,1H3;1-2H3;1H3. The largest absolute Gasteiger partial charge is 0.344 e. The number of unbranched alkanes of at least 4 members (excludes halogenated alkanes) is 2. The minimum Gasteiger partial charge on any atom is -0.344 e. The van der Waals surface area contributed by atoms with E-state index in [9.17, 15) is 9.18 Å². The Morgan fingerprint density at radius 2 is 1.70 bits per heavy atom. The van der Waals surface area contributed by atoms with Crippen molar-refractivity contribution in [2.75, 3.05) is 0 Å². The molecule has 0 bridgehead atoms. The lowest BCUT2D eigenvalue weighted by Gasteiger charge is -2.18. The first-order chi connectivity index (χ1) is 13.9. The lowest BCUT2D eigenvalue weighted by Crippen LogP contribution is -2.09. The highest BCUT2D eigenvalue weighted by molar-refractivity contribution is 5.78. The van der Waals surface area contributed by atoms with Crippen molar-refractivity contribution in [1.29, 1.82) is 0 Å². The van der Waals surface area contributed by atoms with Crippen LogP contribution in [0.4, 0.5) is 4.39 Å². The maximum absolute atomic E-state index is 12.9. The summed E-state index contributed by atoms with van der Waals surface area (Å²) in [7, 11) is 0. The molecule has 1 aromatic carbocycles. The van der Waals surface area contributed by atoms with E-state index in [2.05, 4.69) is 26.2 Å². The van der Waals surface area contributed by atoms with E-state index in [1.54, 1.807) is 6.92 Å². The maximum Gasteiger partial charge on any atom is 0.133 e. The van der Waals surface area contributed by atoms with Gasteiger partial charge in [-0.25, -0.2) is 4.39 Å². The molecule has 1 aliphatic rings. The zero-order valence-electron chi connectivity index (χ0n) is 20.2. The Kier molecular flexibility index (Phi) is 19.6. The minimum absolute atomic E-state index is 0. The lowest BCUT2D eigenvalue weighted by molar-refractivity contribution is -0.120. The second kappa shape index (κ2) is 19.3. The summed E-state index contributed by atoms with van der Waals surface area (Å²) in [5, 5.41) is 0. The van der Waals surface area contributed by atoms with Gasteiger partial charge in [0.1, 0.15) is 11.6 Å². The second-order valence-electron chi connectivity index (χ2n) is 8.08. The monoisotopic (exact) mass is 419 g/mol. The Balaban J connectivity index is 0. The highest BCUT2D eigenvalue weighted by Crippen LogP contribution is 2.24. The highest BCUT2D eigenvalue weighted by Gasteiger charge is 2.12. The third-order valence-electron chi connectivity index (χ3n) is 5.64. The number of rotatable bonds is 10. The lowest BCUT2D eigenvalue weighted by atomic mass is 9.88. The van der Waals surface area contributed by atoms with Crippen molar-refractivity contribution < 1.29 is 9.18 Å².